The Morgan fingerprint density at radius 1 is 1.15 bits per heavy atom. The summed E-state index contributed by atoms with van der Waals surface area (Å²) in [7, 11) is 1.71. The standard InChI is InChI=1S/C19H13F2N3OS/c1-24-16-4-2-3-14(21)13(16)9-17(24)18(25)23-19-22-15(10-26-19)11-5-7-12(20)8-6-11/h2-10H,1H3,(H,22,23,25). The SMILES string of the molecule is Cn1c(C(=O)Nc2nc(-c3ccc(F)cc3)cs2)cc2c(F)cccc21. The van der Waals surface area contributed by atoms with Crippen LogP contribution in [-0.2, 0) is 7.05 Å². The Morgan fingerprint density at radius 2 is 1.92 bits per heavy atom. The van der Waals surface area contributed by atoms with Crippen molar-refractivity contribution in [1.29, 1.82) is 0 Å². The molecule has 0 radical (unpaired) electrons. The van der Waals surface area contributed by atoms with Gasteiger partial charge >= 0.3 is 0 Å². The van der Waals surface area contributed by atoms with Gasteiger partial charge in [-0.1, -0.05) is 6.07 Å². The Kier molecular flexibility index (Phi) is 4.00. The number of halogens is 2. The second-order valence-corrected chi connectivity index (χ2v) is 6.62. The first-order valence-electron chi connectivity index (χ1n) is 7.79. The summed E-state index contributed by atoms with van der Waals surface area (Å²) >= 11 is 1.27. The lowest BCUT2D eigenvalue weighted by atomic mass is 10.2. The number of thiazole rings is 1. The molecule has 0 fully saturated rings. The van der Waals surface area contributed by atoms with Crippen LogP contribution in [0.2, 0.25) is 0 Å². The average molecular weight is 369 g/mol. The molecule has 1 amide bonds. The van der Waals surface area contributed by atoms with Crippen molar-refractivity contribution in [3.8, 4) is 11.3 Å². The summed E-state index contributed by atoms with van der Waals surface area (Å²) < 4.78 is 28.6. The summed E-state index contributed by atoms with van der Waals surface area (Å²) in [6.07, 6.45) is 0. The molecule has 130 valence electrons. The lowest BCUT2D eigenvalue weighted by Gasteiger charge is -2.04. The number of hydrogen-bond acceptors (Lipinski definition) is 3. The third-order valence-corrected chi connectivity index (χ3v) is 4.89. The highest BCUT2D eigenvalue weighted by Gasteiger charge is 2.17. The van der Waals surface area contributed by atoms with Gasteiger partial charge in [-0.15, -0.1) is 11.3 Å². The number of rotatable bonds is 3. The van der Waals surface area contributed by atoms with Crippen LogP contribution < -0.4 is 5.32 Å². The van der Waals surface area contributed by atoms with Gasteiger partial charge in [0.05, 0.1) is 11.2 Å². The van der Waals surface area contributed by atoms with E-state index in [4.69, 9.17) is 0 Å². The minimum atomic E-state index is -0.372. The molecule has 0 unspecified atom stereocenters. The summed E-state index contributed by atoms with van der Waals surface area (Å²) in [6.45, 7) is 0. The fraction of sp³-hybridized carbons (Fsp3) is 0.0526. The van der Waals surface area contributed by atoms with Crippen molar-refractivity contribution in [2.24, 2.45) is 7.05 Å². The average Bonchev–Trinajstić information content (AvgIpc) is 3.22. The zero-order valence-electron chi connectivity index (χ0n) is 13.7. The summed E-state index contributed by atoms with van der Waals surface area (Å²) in [4.78, 5) is 16.9. The van der Waals surface area contributed by atoms with Gasteiger partial charge in [0.25, 0.3) is 5.91 Å². The van der Waals surface area contributed by atoms with Crippen molar-refractivity contribution < 1.29 is 13.6 Å². The fourth-order valence-electron chi connectivity index (χ4n) is 2.79. The number of aryl methyl sites for hydroxylation is 1. The Hall–Kier alpha value is -3.06. The number of aromatic nitrogens is 2. The van der Waals surface area contributed by atoms with Crippen molar-refractivity contribution in [3.05, 3.63) is 71.2 Å². The molecule has 7 heteroatoms. The van der Waals surface area contributed by atoms with Crippen LogP contribution in [0.3, 0.4) is 0 Å². The van der Waals surface area contributed by atoms with Gasteiger partial charge in [-0.25, -0.2) is 13.8 Å². The van der Waals surface area contributed by atoms with E-state index in [9.17, 15) is 13.6 Å². The predicted octanol–water partition coefficient (Wildman–Crippen LogP) is 4.83. The Labute approximate surface area is 151 Å². The highest BCUT2D eigenvalue weighted by atomic mass is 32.1. The predicted molar refractivity (Wildman–Crippen MR) is 98.3 cm³/mol. The van der Waals surface area contributed by atoms with Crippen LogP contribution in [0.25, 0.3) is 22.2 Å². The number of hydrogen-bond donors (Lipinski definition) is 1. The van der Waals surface area contributed by atoms with Crippen LogP contribution in [0, 0.1) is 11.6 Å². The molecule has 4 aromatic rings. The van der Waals surface area contributed by atoms with E-state index in [2.05, 4.69) is 10.3 Å². The van der Waals surface area contributed by atoms with E-state index in [1.54, 1.807) is 41.3 Å². The Bertz CT molecular complexity index is 1120. The quantitative estimate of drug-likeness (QED) is 0.562. The van der Waals surface area contributed by atoms with Crippen LogP contribution in [0.4, 0.5) is 13.9 Å². The summed E-state index contributed by atoms with van der Waals surface area (Å²) in [5.41, 5.74) is 2.38. The highest BCUT2D eigenvalue weighted by Crippen LogP contribution is 2.26. The zero-order valence-corrected chi connectivity index (χ0v) is 14.5. The molecule has 2 aromatic carbocycles. The highest BCUT2D eigenvalue weighted by molar-refractivity contribution is 7.14. The van der Waals surface area contributed by atoms with E-state index >= 15 is 0 Å². The van der Waals surface area contributed by atoms with E-state index in [1.807, 2.05) is 0 Å². The maximum absolute atomic E-state index is 13.9. The molecule has 0 aliphatic carbocycles. The van der Waals surface area contributed by atoms with Crippen LogP contribution in [0.1, 0.15) is 10.5 Å². The zero-order chi connectivity index (χ0) is 18.3. The molecule has 26 heavy (non-hydrogen) atoms. The van der Waals surface area contributed by atoms with Gasteiger partial charge in [0.2, 0.25) is 0 Å². The lowest BCUT2D eigenvalue weighted by Crippen LogP contribution is -2.15. The molecular weight excluding hydrogens is 356 g/mol. The van der Waals surface area contributed by atoms with E-state index in [1.165, 1.54) is 35.6 Å². The molecule has 0 spiro atoms. The summed E-state index contributed by atoms with van der Waals surface area (Å²) in [6, 6.07) is 12.2. The largest absolute Gasteiger partial charge is 0.340 e. The number of carbonyl (C=O) groups is 1. The number of fused-ring (bicyclic) bond motifs is 1. The van der Waals surface area contributed by atoms with Crippen molar-refractivity contribution in [1.82, 2.24) is 9.55 Å². The fourth-order valence-corrected chi connectivity index (χ4v) is 3.50. The Balaban J connectivity index is 1.60. The molecule has 0 aliphatic heterocycles. The molecule has 4 rings (SSSR count). The number of anilines is 1. The normalized spacial score (nSPS) is 11.0. The van der Waals surface area contributed by atoms with E-state index in [-0.39, 0.29) is 17.5 Å². The topological polar surface area (TPSA) is 46.9 Å². The van der Waals surface area contributed by atoms with Gasteiger partial charge in [-0.2, -0.15) is 0 Å². The maximum atomic E-state index is 13.9. The molecular formula is C19H13F2N3OS. The Morgan fingerprint density at radius 3 is 2.65 bits per heavy atom. The van der Waals surface area contributed by atoms with Crippen molar-refractivity contribution in [2.75, 3.05) is 5.32 Å². The molecule has 2 aromatic heterocycles. The monoisotopic (exact) mass is 369 g/mol. The van der Waals surface area contributed by atoms with E-state index < -0.39 is 0 Å². The molecule has 0 aliphatic rings. The lowest BCUT2D eigenvalue weighted by molar-refractivity contribution is 0.101. The minimum absolute atomic E-state index is 0.319. The first kappa shape index (κ1) is 16.4. The van der Waals surface area contributed by atoms with Crippen LogP contribution in [0.15, 0.2) is 53.9 Å². The smallest absolute Gasteiger partial charge is 0.274 e. The third kappa shape index (κ3) is 2.86. The molecule has 4 nitrogen and oxygen atoms in total. The van der Waals surface area contributed by atoms with Gasteiger partial charge in [-0.05, 0) is 42.5 Å². The first-order valence-corrected chi connectivity index (χ1v) is 8.67. The number of carbonyl (C=O) groups excluding carboxylic acids is 1. The summed E-state index contributed by atoms with van der Waals surface area (Å²) in [5, 5.41) is 5.33. The molecule has 2 heterocycles. The van der Waals surface area contributed by atoms with Crippen molar-refractivity contribution >= 4 is 33.3 Å². The van der Waals surface area contributed by atoms with Crippen LogP contribution in [-0.4, -0.2) is 15.5 Å². The van der Waals surface area contributed by atoms with Gasteiger partial charge in [0.1, 0.15) is 17.3 Å². The van der Waals surface area contributed by atoms with Gasteiger partial charge in [0.15, 0.2) is 5.13 Å². The number of nitrogens with one attached hydrogen (secondary N) is 1. The number of benzene rings is 2. The van der Waals surface area contributed by atoms with Crippen LogP contribution in [0.5, 0.6) is 0 Å². The van der Waals surface area contributed by atoms with Gasteiger partial charge in [-0.3, -0.25) is 10.1 Å². The number of amides is 1. The third-order valence-electron chi connectivity index (χ3n) is 4.13. The second-order valence-electron chi connectivity index (χ2n) is 5.76. The molecule has 0 saturated heterocycles. The van der Waals surface area contributed by atoms with Gasteiger partial charge in [0, 0.05) is 23.4 Å². The summed E-state index contributed by atoms with van der Waals surface area (Å²) in [5.74, 6) is -1.06. The molecule has 0 bridgehead atoms. The molecule has 0 saturated carbocycles. The van der Waals surface area contributed by atoms with Crippen molar-refractivity contribution in [2.45, 2.75) is 0 Å². The first-order chi connectivity index (χ1) is 12.5. The van der Waals surface area contributed by atoms with Gasteiger partial charge < -0.3 is 4.57 Å². The minimum Gasteiger partial charge on any atom is -0.340 e. The maximum Gasteiger partial charge on any atom is 0.274 e. The molecule has 0 atom stereocenters. The van der Waals surface area contributed by atoms with Crippen molar-refractivity contribution in [3.63, 3.8) is 0 Å². The van der Waals surface area contributed by atoms with E-state index in [0.717, 1.165) is 5.56 Å². The number of nitrogens with zero attached hydrogens (tertiary/aromatic N) is 2. The second kappa shape index (κ2) is 6.34. The molecule has 1 N–H and O–H groups in total. The van der Waals surface area contributed by atoms with E-state index in [0.29, 0.717) is 27.4 Å². The van der Waals surface area contributed by atoms with Crippen LogP contribution >= 0.6 is 11.3 Å².